The number of benzene rings is 1. The second kappa shape index (κ2) is 6.47. The van der Waals surface area contributed by atoms with Crippen molar-refractivity contribution in [2.45, 2.75) is 38.6 Å². The van der Waals surface area contributed by atoms with Crippen molar-refractivity contribution in [3.8, 4) is 0 Å². The van der Waals surface area contributed by atoms with Crippen LogP contribution in [-0.2, 0) is 6.42 Å². The predicted molar refractivity (Wildman–Crippen MR) is 84.4 cm³/mol. The van der Waals surface area contributed by atoms with E-state index in [4.69, 9.17) is 16.0 Å². The van der Waals surface area contributed by atoms with E-state index >= 15 is 0 Å². The van der Waals surface area contributed by atoms with E-state index in [1.54, 1.807) is 6.26 Å². The minimum absolute atomic E-state index is 0.104. The molecular formula is C17H22ClNO. The van der Waals surface area contributed by atoms with Gasteiger partial charge in [-0.25, -0.2) is 0 Å². The van der Waals surface area contributed by atoms with Crippen molar-refractivity contribution >= 4 is 11.6 Å². The zero-order chi connectivity index (χ0) is 14.6. The smallest absolute Gasteiger partial charge is 0.0934 e. The molecule has 0 aliphatic heterocycles. The quantitative estimate of drug-likeness (QED) is 0.867. The second-order valence-electron chi connectivity index (χ2n) is 6.22. The van der Waals surface area contributed by atoms with Crippen LogP contribution in [0.2, 0.25) is 5.02 Å². The Bertz CT molecular complexity index is 528. The van der Waals surface area contributed by atoms with Gasteiger partial charge in [-0.05, 0) is 56.5 Å². The maximum atomic E-state index is 6.12. The highest BCUT2D eigenvalue weighted by atomic mass is 35.5. The Kier molecular flexibility index (Phi) is 4.90. The minimum Gasteiger partial charge on any atom is -0.472 e. The summed E-state index contributed by atoms with van der Waals surface area (Å²) in [6.07, 6.45) is 4.48. The number of hydrogen-bond donors (Lipinski definition) is 1. The fourth-order valence-corrected chi connectivity index (χ4v) is 2.39. The van der Waals surface area contributed by atoms with Crippen molar-refractivity contribution in [2.24, 2.45) is 0 Å². The maximum absolute atomic E-state index is 6.12. The monoisotopic (exact) mass is 291 g/mol. The molecule has 1 N–H and O–H groups in total. The fourth-order valence-electron chi connectivity index (χ4n) is 2.19. The van der Waals surface area contributed by atoms with Gasteiger partial charge in [0, 0.05) is 23.0 Å². The van der Waals surface area contributed by atoms with Crippen molar-refractivity contribution in [1.82, 2.24) is 5.32 Å². The first kappa shape index (κ1) is 15.1. The van der Waals surface area contributed by atoms with Crippen molar-refractivity contribution in [2.75, 3.05) is 6.54 Å². The van der Waals surface area contributed by atoms with Crippen molar-refractivity contribution in [3.63, 3.8) is 0 Å². The molecule has 0 radical (unpaired) electrons. The first-order valence-corrected chi connectivity index (χ1v) is 7.33. The van der Waals surface area contributed by atoms with Crippen molar-refractivity contribution in [1.29, 1.82) is 0 Å². The zero-order valence-electron chi connectivity index (χ0n) is 12.3. The van der Waals surface area contributed by atoms with Gasteiger partial charge in [0.15, 0.2) is 0 Å². The standard InChI is InChI=1S/C17H22ClNO/c1-17(2,3)19-11-15(9-13-7-8-20-12-13)14-5-4-6-16(18)10-14/h4-8,10,12,15,19H,9,11H2,1-3H3. The van der Waals surface area contributed by atoms with Gasteiger partial charge in [0.1, 0.15) is 0 Å². The van der Waals surface area contributed by atoms with Gasteiger partial charge in [0.2, 0.25) is 0 Å². The molecule has 0 aliphatic carbocycles. The molecule has 2 aromatic rings. The van der Waals surface area contributed by atoms with Crippen LogP contribution >= 0.6 is 11.6 Å². The predicted octanol–water partition coefficient (Wildman–Crippen LogP) is 4.65. The van der Waals surface area contributed by atoms with Crippen LogP contribution in [0, 0.1) is 0 Å². The molecule has 20 heavy (non-hydrogen) atoms. The van der Waals surface area contributed by atoms with Gasteiger partial charge >= 0.3 is 0 Å². The van der Waals surface area contributed by atoms with Gasteiger partial charge in [-0.2, -0.15) is 0 Å². The zero-order valence-corrected chi connectivity index (χ0v) is 13.1. The van der Waals surface area contributed by atoms with Crippen molar-refractivity contribution in [3.05, 3.63) is 59.0 Å². The van der Waals surface area contributed by atoms with E-state index in [2.05, 4.69) is 38.2 Å². The minimum atomic E-state index is 0.104. The lowest BCUT2D eigenvalue weighted by Gasteiger charge is -2.25. The third kappa shape index (κ3) is 4.69. The normalized spacial score (nSPS) is 13.4. The molecule has 0 amide bonds. The van der Waals surface area contributed by atoms with E-state index in [9.17, 15) is 0 Å². The van der Waals surface area contributed by atoms with Crippen LogP contribution in [0.5, 0.6) is 0 Å². The molecule has 2 rings (SSSR count). The van der Waals surface area contributed by atoms with Gasteiger partial charge < -0.3 is 9.73 Å². The Morgan fingerprint density at radius 3 is 2.65 bits per heavy atom. The summed E-state index contributed by atoms with van der Waals surface area (Å²) in [5, 5.41) is 4.37. The lowest BCUT2D eigenvalue weighted by atomic mass is 9.92. The first-order chi connectivity index (χ1) is 9.44. The third-order valence-electron chi connectivity index (χ3n) is 3.26. The fraction of sp³-hybridized carbons (Fsp3) is 0.412. The molecule has 108 valence electrons. The average molecular weight is 292 g/mol. The van der Waals surface area contributed by atoms with Crippen LogP contribution in [0.3, 0.4) is 0 Å². The largest absolute Gasteiger partial charge is 0.472 e. The number of nitrogens with one attached hydrogen (secondary N) is 1. The lowest BCUT2D eigenvalue weighted by molar-refractivity contribution is 0.404. The summed E-state index contributed by atoms with van der Waals surface area (Å²) < 4.78 is 5.17. The molecule has 2 nitrogen and oxygen atoms in total. The van der Waals surface area contributed by atoms with Crippen LogP contribution in [0.15, 0.2) is 47.3 Å². The Balaban J connectivity index is 2.15. The van der Waals surface area contributed by atoms with E-state index in [1.807, 2.05) is 24.5 Å². The third-order valence-corrected chi connectivity index (χ3v) is 3.50. The van der Waals surface area contributed by atoms with Crippen LogP contribution in [0.1, 0.15) is 37.8 Å². The summed E-state index contributed by atoms with van der Waals surface area (Å²) in [6, 6.07) is 10.1. The topological polar surface area (TPSA) is 25.2 Å². The molecule has 0 spiro atoms. The molecule has 0 bridgehead atoms. The second-order valence-corrected chi connectivity index (χ2v) is 6.65. The molecule has 3 heteroatoms. The van der Waals surface area contributed by atoms with E-state index in [-0.39, 0.29) is 5.54 Å². The summed E-state index contributed by atoms with van der Waals surface area (Å²) in [5.74, 6) is 0.380. The molecule has 0 aliphatic rings. The van der Waals surface area contributed by atoms with Crippen LogP contribution in [-0.4, -0.2) is 12.1 Å². The van der Waals surface area contributed by atoms with E-state index in [1.165, 1.54) is 11.1 Å². The lowest BCUT2D eigenvalue weighted by Crippen LogP contribution is -2.39. The molecule has 0 fully saturated rings. The van der Waals surface area contributed by atoms with Gasteiger partial charge in [0.25, 0.3) is 0 Å². The summed E-state index contributed by atoms with van der Waals surface area (Å²) >= 11 is 6.12. The van der Waals surface area contributed by atoms with Gasteiger partial charge in [-0.1, -0.05) is 23.7 Å². The van der Waals surface area contributed by atoms with E-state index in [0.717, 1.165) is 18.0 Å². The maximum Gasteiger partial charge on any atom is 0.0934 e. The SMILES string of the molecule is CC(C)(C)NCC(Cc1ccoc1)c1cccc(Cl)c1. The molecule has 0 saturated carbocycles. The highest BCUT2D eigenvalue weighted by molar-refractivity contribution is 6.30. The highest BCUT2D eigenvalue weighted by Crippen LogP contribution is 2.24. The Morgan fingerprint density at radius 2 is 2.05 bits per heavy atom. The van der Waals surface area contributed by atoms with Crippen LogP contribution in [0.25, 0.3) is 0 Å². The molecule has 1 heterocycles. The summed E-state index contributed by atoms with van der Waals surface area (Å²) in [5.41, 5.74) is 2.58. The number of halogens is 1. The van der Waals surface area contributed by atoms with Crippen molar-refractivity contribution < 1.29 is 4.42 Å². The van der Waals surface area contributed by atoms with E-state index < -0.39 is 0 Å². The molecule has 1 aromatic carbocycles. The van der Waals surface area contributed by atoms with Gasteiger partial charge in [-0.15, -0.1) is 0 Å². The van der Waals surface area contributed by atoms with E-state index in [0.29, 0.717) is 5.92 Å². The Hall–Kier alpha value is -1.25. The van der Waals surface area contributed by atoms with Gasteiger partial charge in [-0.3, -0.25) is 0 Å². The molecular weight excluding hydrogens is 270 g/mol. The number of hydrogen-bond acceptors (Lipinski definition) is 2. The molecule has 0 saturated heterocycles. The molecule has 1 aromatic heterocycles. The molecule has 1 atom stereocenters. The molecule has 1 unspecified atom stereocenters. The summed E-state index contributed by atoms with van der Waals surface area (Å²) in [4.78, 5) is 0. The highest BCUT2D eigenvalue weighted by Gasteiger charge is 2.17. The Morgan fingerprint density at radius 1 is 1.25 bits per heavy atom. The summed E-state index contributed by atoms with van der Waals surface area (Å²) in [7, 11) is 0. The van der Waals surface area contributed by atoms with Crippen LogP contribution < -0.4 is 5.32 Å². The average Bonchev–Trinajstić information content (AvgIpc) is 2.86. The number of rotatable bonds is 5. The first-order valence-electron chi connectivity index (χ1n) is 6.95. The van der Waals surface area contributed by atoms with Crippen LogP contribution in [0.4, 0.5) is 0 Å². The number of furan rings is 1. The Labute approximate surface area is 126 Å². The van der Waals surface area contributed by atoms with Gasteiger partial charge in [0.05, 0.1) is 12.5 Å². The summed E-state index contributed by atoms with van der Waals surface area (Å²) in [6.45, 7) is 7.45.